The van der Waals surface area contributed by atoms with E-state index < -0.39 is 18.0 Å². The number of carboxylic acid groups (broad SMARTS) is 1. The molecule has 5 atom stereocenters. The van der Waals surface area contributed by atoms with Gasteiger partial charge in [0.25, 0.3) is 0 Å². The van der Waals surface area contributed by atoms with Crippen LogP contribution in [0.5, 0.6) is 0 Å². The molecule has 1 aromatic rings. The molecule has 4 heterocycles. The van der Waals surface area contributed by atoms with Crippen LogP contribution in [0.2, 0.25) is 0 Å². The Hall–Kier alpha value is -1.42. The summed E-state index contributed by atoms with van der Waals surface area (Å²) < 4.78 is 0.802. The van der Waals surface area contributed by atoms with E-state index in [4.69, 9.17) is 0 Å². The van der Waals surface area contributed by atoms with Crippen LogP contribution in [-0.2, 0) is 9.59 Å². The van der Waals surface area contributed by atoms with Crippen LogP contribution >= 0.6 is 23.1 Å². The quantitative estimate of drug-likeness (QED) is 0.649. The molecule has 7 nitrogen and oxygen atoms in total. The zero-order chi connectivity index (χ0) is 18.6. The van der Waals surface area contributed by atoms with Crippen molar-refractivity contribution in [3.05, 3.63) is 21.7 Å². The fourth-order valence-corrected chi connectivity index (χ4v) is 6.34. The summed E-state index contributed by atoms with van der Waals surface area (Å²) in [5.41, 5.74) is 1.10. The van der Waals surface area contributed by atoms with Gasteiger partial charge in [-0.25, -0.2) is 9.78 Å². The fourth-order valence-electron chi connectivity index (χ4n) is 4.16. The molecule has 3 aliphatic heterocycles. The normalized spacial score (nSPS) is 32.0. The van der Waals surface area contributed by atoms with E-state index in [9.17, 15) is 19.8 Å². The van der Waals surface area contributed by atoms with Gasteiger partial charge in [0, 0.05) is 28.7 Å². The van der Waals surface area contributed by atoms with Crippen LogP contribution in [0, 0.1) is 11.8 Å². The highest BCUT2D eigenvalue weighted by Crippen LogP contribution is 2.52. The summed E-state index contributed by atoms with van der Waals surface area (Å²) in [6.07, 6.45) is 0.278. The number of carbonyl (C=O) groups is 2. The number of hydrogen-bond acceptors (Lipinski definition) is 7. The number of thiazole rings is 1. The lowest BCUT2D eigenvalue weighted by Gasteiger charge is -2.46. The molecule has 0 bridgehead atoms. The minimum Gasteiger partial charge on any atom is -0.477 e. The summed E-state index contributed by atoms with van der Waals surface area (Å²) in [5, 5.41) is 24.9. The number of aromatic nitrogens is 1. The minimum atomic E-state index is -1.10. The summed E-state index contributed by atoms with van der Waals surface area (Å²) in [6.45, 7) is 5.43. The van der Waals surface area contributed by atoms with Crippen molar-refractivity contribution in [3.8, 4) is 0 Å². The summed E-state index contributed by atoms with van der Waals surface area (Å²) in [4.78, 5) is 30.9. The average molecular weight is 396 g/mol. The molecule has 3 N–H and O–H groups in total. The number of carbonyl (C=O) groups excluding carboxylic acids is 1. The number of β-lactam (4-membered cyclic amide) rings is 1. The predicted molar refractivity (Wildman–Crippen MR) is 97.8 cm³/mol. The molecule has 2 fully saturated rings. The Balaban J connectivity index is 1.61. The number of aliphatic carboxylic acids is 1. The van der Waals surface area contributed by atoms with E-state index in [1.165, 1.54) is 28.0 Å². The zero-order valence-electron chi connectivity index (χ0n) is 14.5. The summed E-state index contributed by atoms with van der Waals surface area (Å²) in [5.74, 6) is -1.66. The Kier molecular flexibility index (Phi) is 4.58. The number of carboxylic acids is 1. The van der Waals surface area contributed by atoms with E-state index in [-0.39, 0.29) is 23.6 Å². The first kappa shape index (κ1) is 18.0. The van der Waals surface area contributed by atoms with Crippen molar-refractivity contribution in [1.82, 2.24) is 15.2 Å². The Morgan fingerprint density at radius 3 is 2.92 bits per heavy atom. The van der Waals surface area contributed by atoms with E-state index in [2.05, 4.69) is 10.3 Å². The van der Waals surface area contributed by atoms with Crippen LogP contribution in [0.4, 0.5) is 0 Å². The van der Waals surface area contributed by atoms with Gasteiger partial charge >= 0.3 is 5.97 Å². The van der Waals surface area contributed by atoms with Gasteiger partial charge in [0.2, 0.25) is 5.91 Å². The van der Waals surface area contributed by atoms with Crippen LogP contribution in [-0.4, -0.2) is 57.2 Å². The van der Waals surface area contributed by atoms with Crippen molar-refractivity contribution in [2.75, 3.05) is 13.1 Å². The predicted octanol–water partition coefficient (Wildman–Crippen LogP) is 1.47. The third-order valence-corrected chi connectivity index (χ3v) is 7.73. The molecule has 1 aromatic heterocycles. The monoisotopic (exact) mass is 395 g/mol. The second kappa shape index (κ2) is 6.63. The van der Waals surface area contributed by atoms with Crippen molar-refractivity contribution in [1.29, 1.82) is 0 Å². The van der Waals surface area contributed by atoms with Gasteiger partial charge in [0.05, 0.1) is 23.8 Å². The van der Waals surface area contributed by atoms with Crippen LogP contribution in [0.1, 0.15) is 31.9 Å². The lowest BCUT2D eigenvalue weighted by molar-refractivity contribution is -0.163. The number of nitrogens with one attached hydrogen (secondary N) is 1. The molecule has 0 unspecified atom stereocenters. The third kappa shape index (κ3) is 2.69. The molecule has 0 radical (unpaired) electrons. The maximum Gasteiger partial charge on any atom is 0.353 e. The number of aliphatic hydroxyl groups excluding tert-OH is 1. The molecule has 140 valence electrons. The van der Waals surface area contributed by atoms with E-state index in [1.54, 1.807) is 6.92 Å². The number of fused-ring (bicyclic) bond motifs is 1. The van der Waals surface area contributed by atoms with E-state index >= 15 is 0 Å². The van der Waals surface area contributed by atoms with Crippen LogP contribution in [0.3, 0.4) is 0 Å². The molecule has 0 aromatic carbocycles. The van der Waals surface area contributed by atoms with Gasteiger partial charge in [-0.05, 0) is 19.9 Å². The standard InChI is InChI=1S/C17H21N3O4S2/c1-7-12-11(8(2)21)15(22)20(12)13(16(23)24)14(7)26-17-19-10(6-25-17)9-3-4-18-5-9/h6-9,11-12,18,21H,3-5H2,1-2H3,(H,23,24)/t7-,8-,9-,11-,12-/m1/s1. The number of amides is 1. The van der Waals surface area contributed by atoms with Crippen molar-refractivity contribution in [2.24, 2.45) is 11.8 Å². The van der Waals surface area contributed by atoms with Gasteiger partial charge in [-0.3, -0.25) is 4.79 Å². The highest BCUT2D eigenvalue weighted by Gasteiger charge is 2.60. The average Bonchev–Trinajstić information content (AvgIpc) is 3.28. The maximum atomic E-state index is 12.4. The van der Waals surface area contributed by atoms with Crippen LogP contribution < -0.4 is 5.32 Å². The molecule has 26 heavy (non-hydrogen) atoms. The summed E-state index contributed by atoms with van der Waals surface area (Å²) >= 11 is 2.86. The van der Waals surface area contributed by atoms with Gasteiger partial charge < -0.3 is 20.4 Å². The zero-order valence-corrected chi connectivity index (χ0v) is 16.1. The summed E-state index contributed by atoms with van der Waals surface area (Å²) in [7, 11) is 0. The molecule has 4 rings (SSSR count). The van der Waals surface area contributed by atoms with Crippen molar-refractivity contribution in [3.63, 3.8) is 0 Å². The van der Waals surface area contributed by atoms with Crippen LogP contribution in [0.25, 0.3) is 0 Å². The molecule has 3 aliphatic rings. The van der Waals surface area contributed by atoms with Gasteiger partial charge in [-0.15, -0.1) is 11.3 Å². The molecular weight excluding hydrogens is 374 g/mol. The fraction of sp³-hybridized carbons (Fsp3) is 0.588. The topological polar surface area (TPSA) is 103 Å². The molecule has 0 aliphatic carbocycles. The van der Waals surface area contributed by atoms with Gasteiger partial charge in [-0.2, -0.15) is 0 Å². The lowest BCUT2D eigenvalue weighted by Crippen LogP contribution is -2.63. The Morgan fingerprint density at radius 1 is 1.54 bits per heavy atom. The van der Waals surface area contributed by atoms with Crippen molar-refractivity contribution >= 4 is 35.0 Å². The number of rotatable bonds is 5. The lowest BCUT2D eigenvalue weighted by atomic mass is 9.79. The molecule has 2 saturated heterocycles. The highest BCUT2D eigenvalue weighted by molar-refractivity contribution is 8.04. The first-order chi connectivity index (χ1) is 12.4. The smallest absolute Gasteiger partial charge is 0.353 e. The van der Waals surface area contributed by atoms with E-state index in [0.29, 0.717) is 10.8 Å². The highest BCUT2D eigenvalue weighted by atomic mass is 32.2. The number of nitrogens with zero attached hydrogens (tertiary/aromatic N) is 2. The maximum absolute atomic E-state index is 12.4. The largest absolute Gasteiger partial charge is 0.477 e. The SMILES string of the molecule is C[C@@H](O)[C@H]1C(=O)N2C(C(=O)O)=C(Sc3nc([C@@H]4CCNC4)cs3)[C@H](C)[C@H]12. The van der Waals surface area contributed by atoms with E-state index in [0.717, 1.165) is 29.5 Å². The molecule has 0 spiro atoms. The van der Waals surface area contributed by atoms with Crippen LogP contribution in [0.15, 0.2) is 20.3 Å². The number of thioether (sulfide) groups is 1. The minimum absolute atomic E-state index is 0.0497. The third-order valence-electron chi connectivity index (χ3n) is 5.49. The number of hydrogen-bond donors (Lipinski definition) is 3. The first-order valence-corrected chi connectivity index (χ1v) is 10.4. The first-order valence-electron chi connectivity index (χ1n) is 8.72. The molecule has 1 amide bonds. The van der Waals surface area contributed by atoms with Gasteiger partial charge in [-0.1, -0.05) is 18.7 Å². The van der Waals surface area contributed by atoms with E-state index in [1.807, 2.05) is 12.3 Å². The second-order valence-corrected chi connectivity index (χ2v) is 9.25. The number of aliphatic hydroxyl groups is 1. The summed E-state index contributed by atoms with van der Waals surface area (Å²) in [6, 6.07) is -0.283. The Morgan fingerprint density at radius 2 is 2.31 bits per heavy atom. The van der Waals surface area contributed by atoms with Gasteiger partial charge in [0.15, 0.2) is 4.34 Å². The van der Waals surface area contributed by atoms with Gasteiger partial charge in [0.1, 0.15) is 5.70 Å². The molecule has 0 saturated carbocycles. The molecular formula is C17H21N3O4S2. The second-order valence-electron chi connectivity index (χ2n) is 7.10. The Labute approximate surface area is 159 Å². The van der Waals surface area contributed by atoms with Crippen molar-refractivity contribution in [2.45, 2.75) is 42.7 Å². The Bertz CT molecular complexity index is 785. The van der Waals surface area contributed by atoms with Crippen molar-refractivity contribution < 1.29 is 19.8 Å². The molecule has 9 heteroatoms.